The van der Waals surface area contributed by atoms with E-state index in [0.29, 0.717) is 12.8 Å². The molecule has 4 heteroatoms. The number of carbonyl (C=O) groups is 2. The lowest BCUT2D eigenvalue weighted by Gasteiger charge is -2.24. The number of nitrogens with one attached hydrogen (secondary N) is 1. The first-order chi connectivity index (χ1) is 13.6. The Morgan fingerprint density at radius 2 is 1.93 bits per heavy atom. The average molecular weight is 374 g/mol. The third-order valence-electron chi connectivity index (χ3n) is 6.74. The molecule has 4 nitrogen and oxygen atoms in total. The lowest BCUT2D eigenvalue weighted by Crippen LogP contribution is -2.35. The highest BCUT2D eigenvalue weighted by atomic mass is 16.2. The van der Waals surface area contributed by atoms with Gasteiger partial charge in [0.25, 0.3) is 0 Å². The lowest BCUT2D eigenvalue weighted by molar-refractivity contribution is -0.118. The summed E-state index contributed by atoms with van der Waals surface area (Å²) in [6.07, 6.45) is 7.69. The highest BCUT2D eigenvalue weighted by Crippen LogP contribution is 2.50. The van der Waals surface area contributed by atoms with Crippen molar-refractivity contribution in [2.45, 2.75) is 56.8 Å². The zero-order chi connectivity index (χ0) is 19.1. The molecule has 1 N–H and O–H groups in total. The van der Waals surface area contributed by atoms with Crippen LogP contribution in [0.1, 0.15) is 55.2 Å². The molecule has 0 unspecified atom stereocenters. The maximum Gasteiger partial charge on any atom is 0.228 e. The highest BCUT2D eigenvalue weighted by Gasteiger charge is 2.45. The topological polar surface area (TPSA) is 49.4 Å². The fraction of sp³-hybridized carbons (Fsp3) is 0.417. The van der Waals surface area contributed by atoms with Gasteiger partial charge in [-0.05, 0) is 54.5 Å². The van der Waals surface area contributed by atoms with Gasteiger partial charge in [0.2, 0.25) is 11.8 Å². The standard InChI is InChI=1S/C24H26N2O2/c27-22-15-18-14-17(10-11-20(18)25-22)6-5-9-23(28)26-16-24(12-3-4-13-24)19-7-1-2-8-21(19)26/h1-2,7-8,10-11,14H,3-6,9,12-13,15-16H2,(H,25,27). The number of benzene rings is 2. The molecule has 0 radical (unpaired) electrons. The molecule has 0 saturated heterocycles. The summed E-state index contributed by atoms with van der Waals surface area (Å²) in [5.41, 5.74) is 5.93. The van der Waals surface area contributed by atoms with E-state index < -0.39 is 0 Å². The lowest BCUT2D eigenvalue weighted by atomic mass is 9.81. The first-order valence-corrected chi connectivity index (χ1v) is 10.5. The Balaban J connectivity index is 1.24. The fourth-order valence-corrected chi connectivity index (χ4v) is 5.35. The molecule has 2 aromatic carbocycles. The van der Waals surface area contributed by atoms with Crippen LogP contribution in [0.25, 0.3) is 0 Å². The molecular weight excluding hydrogens is 348 g/mol. The van der Waals surface area contributed by atoms with Crippen molar-refractivity contribution in [2.75, 3.05) is 16.8 Å². The second-order valence-electron chi connectivity index (χ2n) is 8.55. The van der Waals surface area contributed by atoms with Crippen molar-refractivity contribution >= 4 is 23.2 Å². The fourth-order valence-electron chi connectivity index (χ4n) is 5.35. The Bertz CT molecular complexity index is 943. The first-order valence-electron chi connectivity index (χ1n) is 10.5. The molecule has 0 aromatic heterocycles. The van der Waals surface area contributed by atoms with E-state index in [2.05, 4.69) is 35.6 Å². The number of aryl methyl sites for hydroxylation is 1. The largest absolute Gasteiger partial charge is 0.326 e. The van der Waals surface area contributed by atoms with E-state index in [-0.39, 0.29) is 17.2 Å². The summed E-state index contributed by atoms with van der Waals surface area (Å²) < 4.78 is 0. The van der Waals surface area contributed by atoms with E-state index in [4.69, 9.17) is 0 Å². The van der Waals surface area contributed by atoms with Gasteiger partial charge in [0.05, 0.1) is 6.42 Å². The predicted molar refractivity (Wildman–Crippen MR) is 111 cm³/mol. The Morgan fingerprint density at radius 1 is 1.11 bits per heavy atom. The molecule has 2 heterocycles. The minimum absolute atomic E-state index is 0.0656. The van der Waals surface area contributed by atoms with Gasteiger partial charge in [-0.25, -0.2) is 0 Å². The summed E-state index contributed by atoms with van der Waals surface area (Å²) in [4.78, 5) is 26.6. The zero-order valence-electron chi connectivity index (χ0n) is 16.2. The van der Waals surface area contributed by atoms with Crippen molar-refractivity contribution in [1.29, 1.82) is 0 Å². The average Bonchev–Trinajstić information content (AvgIpc) is 3.40. The van der Waals surface area contributed by atoms with E-state index in [1.54, 1.807) is 0 Å². The molecule has 3 aliphatic rings. The number of para-hydroxylation sites is 1. The van der Waals surface area contributed by atoms with Gasteiger partial charge in [-0.1, -0.05) is 43.2 Å². The van der Waals surface area contributed by atoms with Gasteiger partial charge in [-0.2, -0.15) is 0 Å². The number of fused-ring (bicyclic) bond motifs is 3. The van der Waals surface area contributed by atoms with Crippen LogP contribution >= 0.6 is 0 Å². The number of hydrogen-bond acceptors (Lipinski definition) is 2. The Morgan fingerprint density at radius 3 is 2.79 bits per heavy atom. The van der Waals surface area contributed by atoms with Gasteiger partial charge in [0, 0.05) is 29.8 Å². The number of hydrogen-bond donors (Lipinski definition) is 1. The summed E-state index contributed by atoms with van der Waals surface area (Å²) in [7, 11) is 0. The van der Waals surface area contributed by atoms with E-state index in [1.165, 1.54) is 36.8 Å². The molecule has 0 bridgehead atoms. The second kappa shape index (κ2) is 6.77. The first kappa shape index (κ1) is 17.5. The summed E-state index contributed by atoms with van der Waals surface area (Å²) in [6.45, 7) is 0.859. The molecular formula is C24H26N2O2. The Kier molecular flexibility index (Phi) is 4.22. The smallest absolute Gasteiger partial charge is 0.228 e. The quantitative estimate of drug-likeness (QED) is 0.864. The van der Waals surface area contributed by atoms with Crippen LogP contribution in [0, 0.1) is 0 Å². The van der Waals surface area contributed by atoms with Crippen LogP contribution in [-0.2, 0) is 27.8 Å². The van der Waals surface area contributed by atoms with Gasteiger partial charge in [-0.15, -0.1) is 0 Å². The van der Waals surface area contributed by atoms with E-state index in [9.17, 15) is 9.59 Å². The molecule has 28 heavy (non-hydrogen) atoms. The van der Waals surface area contributed by atoms with Crippen LogP contribution in [0.5, 0.6) is 0 Å². The van der Waals surface area contributed by atoms with Crippen molar-refractivity contribution in [3.8, 4) is 0 Å². The maximum absolute atomic E-state index is 13.0. The van der Waals surface area contributed by atoms with Crippen LogP contribution in [-0.4, -0.2) is 18.4 Å². The van der Waals surface area contributed by atoms with Crippen molar-refractivity contribution in [3.05, 3.63) is 59.2 Å². The van der Waals surface area contributed by atoms with Gasteiger partial charge in [0.1, 0.15) is 0 Å². The molecule has 144 valence electrons. The summed E-state index contributed by atoms with van der Waals surface area (Å²) >= 11 is 0. The summed E-state index contributed by atoms with van der Waals surface area (Å²) in [5.74, 6) is 0.310. The molecule has 1 aliphatic carbocycles. The number of anilines is 2. The van der Waals surface area contributed by atoms with E-state index >= 15 is 0 Å². The summed E-state index contributed by atoms with van der Waals surface area (Å²) in [5, 5.41) is 2.87. The molecule has 2 amide bonds. The van der Waals surface area contributed by atoms with Crippen LogP contribution in [0.2, 0.25) is 0 Å². The molecule has 2 aliphatic heterocycles. The third-order valence-corrected chi connectivity index (χ3v) is 6.74. The number of rotatable bonds is 4. The third kappa shape index (κ3) is 2.92. The van der Waals surface area contributed by atoms with Crippen LogP contribution < -0.4 is 10.2 Å². The molecule has 1 saturated carbocycles. The molecule has 1 fully saturated rings. The van der Waals surface area contributed by atoms with Crippen LogP contribution in [0.3, 0.4) is 0 Å². The maximum atomic E-state index is 13.0. The van der Waals surface area contributed by atoms with Crippen LogP contribution in [0.4, 0.5) is 11.4 Å². The zero-order valence-corrected chi connectivity index (χ0v) is 16.2. The van der Waals surface area contributed by atoms with E-state index in [1.807, 2.05) is 17.0 Å². The Hall–Kier alpha value is -2.62. The molecule has 0 atom stereocenters. The molecule has 2 aromatic rings. The van der Waals surface area contributed by atoms with Crippen LogP contribution in [0.15, 0.2) is 42.5 Å². The monoisotopic (exact) mass is 374 g/mol. The molecule has 5 rings (SSSR count). The summed E-state index contributed by atoms with van der Waals surface area (Å²) in [6, 6.07) is 14.7. The van der Waals surface area contributed by atoms with Gasteiger partial charge < -0.3 is 10.2 Å². The second-order valence-corrected chi connectivity index (χ2v) is 8.55. The Labute approximate surface area is 165 Å². The SMILES string of the molecule is O=C1Cc2cc(CCCC(=O)N3CC4(CCCC4)c4ccccc43)ccc2N1. The van der Waals surface area contributed by atoms with Crippen molar-refractivity contribution < 1.29 is 9.59 Å². The minimum Gasteiger partial charge on any atom is -0.326 e. The van der Waals surface area contributed by atoms with Gasteiger partial charge in [-0.3, -0.25) is 9.59 Å². The highest BCUT2D eigenvalue weighted by molar-refractivity contribution is 5.99. The molecule has 1 spiro atoms. The van der Waals surface area contributed by atoms with Crippen molar-refractivity contribution in [2.24, 2.45) is 0 Å². The predicted octanol–water partition coefficient (Wildman–Crippen LogP) is 4.36. The number of carbonyl (C=O) groups excluding carboxylic acids is 2. The number of amides is 2. The van der Waals surface area contributed by atoms with Gasteiger partial charge in [0.15, 0.2) is 0 Å². The minimum atomic E-state index is 0.0656. The normalized spacial score (nSPS) is 19.0. The van der Waals surface area contributed by atoms with Crippen molar-refractivity contribution in [3.63, 3.8) is 0 Å². The van der Waals surface area contributed by atoms with Crippen molar-refractivity contribution in [1.82, 2.24) is 0 Å². The van der Waals surface area contributed by atoms with Gasteiger partial charge >= 0.3 is 0 Å². The number of nitrogens with zero attached hydrogens (tertiary/aromatic N) is 1. The van der Waals surface area contributed by atoms with E-state index in [0.717, 1.165) is 36.3 Å².